The van der Waals surface area contributed by atoms with Crippen molar-refractivity contribution >= 4 is 22.8 Å². The van der Waals surface area contributed by atoms with Gasteiger partial charge in [-0.05, 0) is 37.8 Å². The van der Waals surface area contributed by atoms with Gasteiger partial charge in [0.05, 0.1) is 16.7 Å². The Bertz CT molecular complexity index is 672. The van der Waals surface area contributed by atoms with Crippen LogP contribution in [0.4, 0.5) is 5.82 Å². The van der Waals surface area contributed by atoms with Crippen LogP contribution >= 0.6 is 0 Å². The number of benzene rings is 1. The molecule has 1 aromatic heterocycles. The number of carbonyl (C=O) groups is 1. The number of hydrogen-bond acceptors (Lipinski definition) is 4. The lowest BCUT2D eigenvalue weighted by Crippen LogP contribution is -2.37. The molecule has 2 aromatic rings. The number of carboxylic acid groups (broad SMARTS) is 1. The van der Waals surface area contributed by atoms with Gasteiger partial charge in [0, 0.05) is 19.5 Å². The number of fused-ring (bicyclic) bond motifs is 1. The third kappa shape index (κ3) is 2.96. The molecule has 2 heterocycles. The highest BCUT2D eigenvalue weighted by atomic mass is 16.4. The summed E-state index contributed by atoms with van der Waals surface area (Å²) < 4.78 is 0. The molecule has 0 aliphatic carbocycles. The normalized spacial score (nSPS) is 18.9. The molecule has 1 atom stereocenters. The number of nitrogens with zero attached hydrogens (tertiary/aromatic N) is 3. The Morgan fingerprint density at radius 1 is 1.33 bits per heavy atom. The molecule has 5 nitrogen and oxygen atoms in total. The molecule has 1 fully saturated rings. The number of aryl methyl sites for hydroxylation is 1. The van der Waals surface area contributed by atoms with Crippen LogP contribution < -0.4 is 4.90 Å². The maximum absolute atomic E-state index is 10.9. The molecule has 3 rings (SSSR count). The topological polar surface area (TPSA) is 66.3 Å². The van der Waals surface area contributed by atoms with Gasteiger partial charge >= 0.3 is 5.97 Å². The van der Waals surface area contributed by atoms with Gasteiger partial charge < -0.3 is 10.0 Å². The van der Waals surface area contributed by atoms with Crippen molar-refractivity contribution in [3.05, 3.63) is 30.0 Å². The fourth-order valence-corrected chi connectivity index (χ4v) is 3.05. The number of carboxylic acids is 1. The van der Waals surface area contributed by atoms with E-state index in [-0.39, 0.29) is 12.3 Å². The van der Waals surface area contributed by atoms with Gasteiger partial charge in [-0.2, -0.15) is 0 Å². The van der Waals surface area contributed by atoms with Crippen molar-refractivity contribution < 1.29 is 9.90 Å². The standard InChI is InChI=1S/C16H19N3O2/c1-11-16(18-14-7-3-2-6-13(14)17-11)19-8-4-5-12(10-19)9-15(20)21/h2-3,6-7,12H,4-5,8-10H2,1H3,(H,20,21). The van der Waals surface area contributed by atoms with Gasteiger partial charge in [0.15, 0.2) is 5.82 Å². The maximum Gasteiger partial charge on any atom is 0.303 e. The quantitative estimate of drug-likeness (QED) is 0.939. The molecule has 0 spiro atoms. The van der Waals surface area contributed by atoms with Crippen molar-refractivity contribution in [2.75, 3.05) is 18.0 Å². The second kappa shape index (κ2) is 5.68. The molecule has 1 unspecified atom stereocenters. The summed E-state index contributed by atoms with van der Waals surface area (Å²) in [6.07, 6.45) is 2.21. The van der Waals surface area contributed by atoms with E-state index in [2.05, 4.69) is 9.88 Å². The van der Waals surface area contributed by atoms with Gasteiger partial charge in [-0.3, -0.25) is 4.79 Å². The van der Waals surface area contributed by atoms with Crippen molar-refractivity contribution in [3.63, 3.8) is 0 Å². The van der Waals surface area contributed by atoms with Gasteiger partial charge in [0.1, 0.15) is 0 Å². The van der Waals surface area contributed by atoms with Crippen molar-refractivity contribution in [2.24, 2.45) is 5.92 Å². The van der Waals surface area contributed by atoms with Crippen molar-refractivity contribution in [2.45, 2.75) is 26.2 Å². The van der Waals surface area contributed by atoms with Gasteiger partial charge in [-0.15, -0.1) is 0 Å². The Labute approximate surface area is 123 Å². The smallest absolute Gasteiger partial charge is 0.303 e. The van der Waals surface area contributed by atoms with Crippen LogP contribution in [0.5, 0.6) is 0 Å². The fraction of sp³-hybridized carbons (Fsp3) is 0.438. The molecule has 110 valence electrons. The monoisotopic (exact) mass is 285 g/mol. The summed E-state index contributed by atoms with van der Waals surface area (Å²) in [5.74, 6) is 0.371. The molecule has 1 saturated heterocycles. The largest absolute Gasteiger partial charge is 0.481 e. The second-order valence-electron chi connectivity index (χ2n) is 5.67. The van der Waals surface area contributed by atoms with Crippen LogP contribution in [0.25, 0.3) is 11.0 Å². The number of para-hydroxylation sites is 2. The average Bonchev–Trinajstić information content (AvgIpc) is 2.46. The van der Waals surface area contributed by atoms with E-state index in [0.717, 1.165) is 48.5 Å². The first-order valence-corrected chi connectivity index (χ1v) is 7.33. The SMILES string of the molecule is Cc1nc2ccccc2nc1N1CCCC(CC(=O)O)C1. The van der Waals surface area contributed by atoms with E-state index in [1.807, 2.05) is 31.2 Å². The van der Waals surface area contributed by atoms with Gasteiger partial charge in [-0.25, -0.2) is 9.97 Å². The highest BCUT2D eigenvalue weighted by Crippen LogP contribution is 2.26. The zero-order valence-electron chi connectivity index (χ0n) is 12.1. The van der Waals surface area contributed by atoms with Crippen LogP contribution in [-0.2, 0) is 4.79 Å². The zero-order valence-corrected chi connectivity index (χ0v) is 12.1. The highest BCUT2D eigenvalue weighted by molar-refractivity contribution is 5.76. The first-order valence-electron chi connectivity index (χ1n) is 7.33. The zero-order chi connectivity index (χ0) is 14.8. The summed E-state index contributed by atoms with van der Waals surface area (Å²) >= 11 is 0. The maximum atomic E-state index is 10.9. The molecule has 0 bridgehead atoms. The van der Waals surface area contributed by atoms with Crippen molar-refractivity contribution in [1.82, 2.24) is 9.97 Å². The van der Waals surface area contributed by atoms with Gasteiger partial charge in [0.25, 0.3) is 0 Å². The van der Waals surface area contributed by atoms with Crippen molar-refractivity contribution in [3.8, 4) is 0 Å². The minimum Gasteiger partial charge on any atom is -0.481 e. The Kier molecular flexibility index (Phi) is 3.73. The molecule has 1 aromatic carbocycles. The van der Waals surface area contributed by atoms with Crippen LogP contribution in [0, 0.1) is 12.8 Å². The number of aromatic nitrogens is 2. The van der Waals surface area contributed by atoms with Crippen LogP contribution in [0.1, 0.15) is 25.0 Å². The van der Waals surface area contributed by atoms with Crippen LogP contribution in [0.3, 0.4) is 0 Å². The number of piperidine rings is 1. The molecule has 1 aliphatic rings. The van der Waals surface area contributed by atoms with E-state index >= 15 is 0 Å². The lowest BCUT2D eigenvalue weighted by Gasteiger charge is -2.33. The molecular formula is C16H19N3O2. The summed E-state index contributed by atoms with van der Waals surface area (Å²) in [5.41, 5.74) is 2.70. The Hall–Kier alpha value is -2.17. The molecule has 1 aliphatic heterocycles. The fourth-order valence-electron chi connectivity index (χ4n) is 3.05. The summed E-state index contributed by atoms with van der Waals surface area (Å²) in [7, 11) is 0. The molecule has 0 radical (unpaired) electrons. The van der Waals surface area contributed by atoms with Crippen molar-refractivity contribution in [1.29, 1.82) is 0 Å². The Morgan fingerprint density at radius 2 is 2.05 bits per heavy atom. The number of rotatable bonds is 3. The van der Waals surface area contributed by atoms with Gasteiger partial charge in [0.2, 0.25) is 0 Å². The molecule has 1 N–H and O–H groups in total. The third-order valence-electron chi connectivity index (χ3n) is 4.00. The summed E-state index contributed by atoms with van der Waals surface area (Å²) in [5, 5.41) is 8.97. The highest BCUT2D eigenvalue weighted by Gasteiger charge is 2.24. The van der Waals surface area contributed by atoms with Gasteiger partial charge in [-0.1, -0.05) is 12.1 Å². The Balaban J connectivity index is 1.88. The minimum atomic E-state index is -0.719. The third-order valence-corrected chi connectivity index (χ3v) is 4.00. The van der Waals surface area contributed by atoms with E-state index in [9.17, 15) is 4.79 Å². The van der Waals surface area contributed by atoms with Crippen LogP contribution in [0.15, 0.2) is 24.3 Å². The van der Waals surface area contributed by atoms with Crippen LogP contribution in [-0.4, -0.2) is 34.1 Å². The number of aliphatic carboxylic acids is 1. The summed E-state index contributed by atoms with van der Waals surface area (Å²) in [6, 6.07) is 7.84. The number of anilines is 1. The lowest BCUT2D eigenvalue weighted by atomic mass is 9.95. The van der Waals surface area contributed by atoms with E-state index in [4.69, 9.17) is 10.1 Å². The minimum absolute atomic E-state index is 0.198. The Morgan fingerprint density at radius 3 is 2.76 bits per heavy atom. The molecule has 0 amide bonds. The summed E-state index contributed by atoms with van der Waals surface area (Å²) in [4.78, 5) is 22.4. The van der Waals surface area contributed by atoms with E-state index in [1.54, 1.807) is 0 Å². The molecule has 21 heavy (non-hydrogen) atoms. The predicted octanol–water partition coefficient (Wildman–Crippen LogP) is 2.63. The second-order valence-corrected chi connectivity index (χ2v) is 5.67. The number of hydrogen-bond donors (Lipinski definition) is 1. The molecule has 5 heteroatoms. The van der Waals surface area contributed by atoms with E-state index < -0.39 is 5.97 Å². The summed E-state index contributed by atoms with van der Waals surface area (Å²) in [6.45, 7) is 3.64. The first-order chi connectivity index (χ1) is 10.1. The molecule has 0 saturated carbocycles. The lowest BCUT2D eigenvalue weighted by molar-refractivity contribution is -0.138. The molecular weight excluding hydrogens is 266 g/mol. The first kappa shape index (κ1) is 13.8. The van der Waals surface area contributed by atoms with Crippen LogP contribution in [0.2, 0.25) is 0 Å². The predicted molar refractivity (Wildman–Crippen MR) is 81.5 cm³/mol. The van der Waals surface area contributed by atoms with E-state index in [1.165, 1.54) is 0 Å². The van der Waals surface area contributed by atoms with E-state index in [0.29, 0.717) is 0 Å². The average molecular weight is 285 g/mol.